The van der Waals surface area contributed by atoms with Crippen LogP contribution in [-0.2, 0) is 20.2 Å². The van der Waals surface area contributed by atoms with Crippen molar-refractivity contribution >= 4 is 20.2 Å². The summed E-state index contributed by atoms with van der Waals surface area (Å²) in [4.78, 5) is 0. The van der Waals surface area contributed by atoms with Gasteiger partial charge in [0, 0.05) is 0 Å². The van der Waals surface area contributed by atoms with Gasteiger partial charge in [0.15, 0.2) is 0 Å². The summed E-state index contributed by atoms with van der Waals surface area (Å²) in [7, 11) is -13.8. The summed E-state index contributed by atoms with van der Waals surface area (Å²) in [6.45, 7) is 1.35. The first-order chi connectivity index (χ1) is 10.5. The standard InChI is InChI=1S/C10H8F6O6S2/c1-6-3-2-4-7(5-6)22-24(20,21)10(15,16)8(11,12)9(13,14)23(17,18)19/h2-5H,1H3,(H,17,18,19). The third-order valence-electron chi connectivity index (χ3n) is 2.56. The predicted molar refractivity (Wildman–Crippen MR) is 67.1 cm³/mol. The van der Waals surface area contributed by atoms with Crippen LogP contribution in [-0.4, -0.2) is 37.8 Å². The molecule has 0 saturated carbocycles. The monoisotopic (exact) mass is 402 g/mol. The second-order valence-electron chi connectivity index (χ2n) is 4.44. The average molecular weight is 402 g/mol. The number of hydrogen-bond donors (Lipinski definition) is 1. The molecule has 14 heteroatoms. The minimum atomic E-state index is -7.07. The first-order valence-electron chi connectivity index (χ1n) is 5.58. The minimum Gasteiger partial charge on any atom is -0.378 e. The van der Waals surface area contributed by atoms with Gasteiger partial charge in [0.1, 0.15) is 5.75 Å². The van der Waals surface area contributed by atoms with Crippen LogP contribution in [0.5, 0.6) is 5.75 Å². The van der Waals surface area contributed by atoms with Gasteiger partial charge < -0.3 is 4.18 Å². The topological polar surface area (TPSA) is 97.7 Å². The molecule has 1 N–H and O–H groups in total. The van der Waals surface area contributed by atoms with Crippen LogP contribution in [0.2, 0.25) is 0 Å². The van der Waals surface area contributed by atoms with Gasteiger partial charge in [-0.1, -0.05) is 12.1 Å². The van der Waals surface area contributed by atoms with Crippen molar-refractivity contribution in [2.75, 3.05) is 0 Å². The SMILES string of the molecule is Cc1cccc(OS(=O)(=O)C(F)(F)C(F)(F)C(F)(F)S(=O)(=O)O)c1. The van der Waals surface area contributed by atoms with Gasteiger partial charge in [-0.05, 0) is 24.6 Å². The molecule has 0 atom stereocenters. The first-order valence-corrected chi connectivity index (χ1v) is 8.43. The fraction of sp³-hybridized carbons (Fsp3) is 0.400. The van der Waals surface area contributed by atoms with Crippen molar-refractivity contribution in [3.05, 3.63) is 29.8 Å². The van der Waals surface area contributed by atoms with Crippen molar-refractivity contribution in [1.29, 1.82) is 0 Å². The summed E-state index contributed by atoms with van der Waals surface area (Å²) in [5.74, 6) is -7.93. The van der Waals surface area contributed by atoms with Crippen molar-refractivity contribution < 1.29 is 51.9 Å². The Balaban J connectivity index is 3.40. The lowest BCUT2D eigenvalue weighted by molar-refractivity contribution is -0.247. The molecule has 0 saturated heterocycles. The molecule has 6 nitrogen and oxygen atoms in total. The first kappa shape index (κ1) is 20.5. The maximum absolute atomic E-state index is 13.5. The van der Waals surface area contributed by atoms with Gasteiger partial charge in [-0.25, -0.2) is 0 Å². The molecule has 0 unspecified atom stereocenters. The quantitative estimate of drug-likeness (QED) is 0.446. The molecule has 0 amide bonds. The highest BCUT2D eigenvalue weighted by atomic mass is 32.2. The second-order valence-corrected chi connectivity index (χ2v) is 7.49. The lowest BCUT2D eigenvalue weighted by Crippen LogP contribution is -2.61. The summed E-state index contributed by atoms with van der Waals surface area (Å²) in [6, 6.07) is 3.99. The van der Waals surface area contributed by atoms with E-state index in [0.717, 1.165) is 18.2 Å². The molecule has 24 heavy (non-hydrogen) atoms. The molecule has 0 fully saturated rings. The normalized spacial score (nSPS) is 14.5. The summed E-state index contributed by atoms with van der Waals surface area (Å²) < 4.78 is 134. The highest BCUT2D eigenvalue weighted by molar-refractivity contribution is 7.88. The van der Waals surface area contributed by atoms with E-state index in [4.69, 9.17) is 4.55 Å². The molecule has 0 aromatic heterocycles. The Labute approximate surface area is 131 Å². The van der Waals surface area contributed by atoms with E-state index >= 15 is 0 Å². The average Bonchev–Trinajstić information content (AvgIpc) is 2.36. The smallest absolute Gasteiger partial charge is 0.378 e. The Hall–Kier alpha value is -1.54. The van der Waals surface area contributed by atoms with E-state index < -0.39 is 42.4 Å². The van der Waals surface area contributed by atoms with E-state index in [1.807, 2.05) is 0 Å². The number of benzene rings is 1. The van der Waals surface area contributed by atoms with Crippen LogP contribution in [0.4, 0.5) is 26.3 Å². The van der Waals surface area contributed by atoms with Crippen LogP contribution in [0.25, 0.3) is 0 Å². The van der Waals surface area contributed by atoms with E-state index in [0.29, 0.717) is 0 Å². The molecule has 0 spiro atoms. The predicted octanol–water partition coefficient (Wildman–Crippen LogP) is 2.41. The van der Waals surface area contributed by atoms with Gasteiger partial charge in [-0.15, -0.1) is 0 Å². The van der Waals surface area contributed by atoms with E-state index in [2.05, 4.69) is 4.18 Å². The van der Waals surface area contributed by atoms with Crippen molar-refractivity contribution in [3.8, 4) is 5.75 Å². The van der Waals surface area contributed by atoms with Crippen LogP contribution >= 0.6 is 0 Å². The highest BCUT2D eigenvalue weighted by Gasteiger charge is 2.83. The van der Waals surface area contributed by atoms with Crippen molar-refractivity contribution in [2.24, 2.45) is 0 Å². The zero-order chi connectivity index (χ0) is 19.2. The molecular formula is C10H8F6O6S2. The molecule has 0 aliphatic rings. The Kier molecular flexibility index (Phi) is 4.93. The summed E-state index contributed by atoms with van der Waals surface area (Å²) in [5, 5.41) is -13.5. The van der Waals surface area contributed by atoms with Gasteiger partial charge in [0.05, 0.1) is 0 Å². The van der Waals surface area contributed by atoms with Gasteiger partial charge in [0.25, 0.3) is 0 Å². The number of hydrogen-bond acceptors (Lipinski definition) is 5. The molecule has 0 heterocycles. The van der Waals surface area contributed by atoms with Crippen molar-refractivity contribution in [2.45, 2.75) is 23.4 Å². The van der Waals surface area contributed by atoms with Gasteiger partial charge in [-0.3, -0.25) is 4.55 Å². The van der Waals surface area contributed by atoms with E-state index in [-0.39, 0.29) is 5.56 Å². The molecule has 0 radical (unpaired) electrons. The number of aryl methyl sites for hydroxylation is 1. The van der Waals surface area contributed by atoms with Crippen LogP contribution < -0.4 is 4.18 Å². The Bertz CT molecular complexity index is 833. The molecule has 0 bridgehead atoms. The molecule has 138 valence electrons. The Morgan fingerprint density at radius 2 is 1.46 bits per heavy atom. The highest BCUT2D eigenvalue weighted by Crippen LogP contribution is 2.50. The molecule has 0 aliphatic heterocycles. The van der Waals surface area contributed by atoms with E-state index in [1.165, 1.54) is 13.0 Å². The number of alkyl halides is 6. The van der Waals surface area contributed by atoms with E-state index in [1.54, 1.807) is 0 Å². The lowest BCUT2D eigenvalue weighted by Gasteiger charge is -2.29. The third kappa shape index (κ3) is 3.17. The van der Waals surface area contributed by atoms with Crippen LogP contribution in [0, 0.1) is 6.92 Å². The number of halogens is 6. The summed E-state index contributed by atoms with van der Waals surface area (Å²) in [6.07, 6.45) is 0. The zero-order valence-corrected chi connectivity index (χ0v) is 13.0. The molecule has 1 rings (SSSR count). The van der Waals surface area contributed by atoms with Crippen LogP contribution in [0.3, 0.4) is 0 Å². The maximum Gasteiger partial charge on any atom is 0.450 e. The zero-order valence-electron chi connectivity index (χ0n) is 11.4. The second kappa shape index (κ2) is 5.77. The van der Waals surface area contributed by atoms with Gasteiger partial charge >= 0.3 is 36.7 Å². The van der Waals surface area contributed by atoms with E-state index in [9.17, 15) is 43.2 Å². The fourth-order valence-corrected chi connectivity index (χ4v) is 2.76. The molecule has 0 aliphatic carbocycles. The lowest BCUT2D eigenvalue weighted by atomic mass is 10.2. The van der Waals surface area contributed by atoms with Crippen LogP contribution in [0.1, 0.15) is 5.56 Å². The largest absolute Gasteiger partial charge is 0.450 e. The van der Waals surface area contributed by atoms with Crippen molar-refractivity contribution in [1.82, 2.24) is 0 Å². The molecule has 1 aromatic carbocycles. The van der Waals surface area contributed by atoms with Crippen LogP contribution in [0.15, 0.2) is 24.3 Å². The molecule has 1 aromatic rings. The van der Waals surface area contributed by atoms with Crippen molar-refractivity contribution in [3.63, 3.8) is 0 Å². The third-order valence-corrected chi connectivity index (χ3v) is 4.76. The fourth-order valence-electron chi connectivity index (χ4n) is 1.33. The summed E-state index contributed by atoms with van der Waals surface area (Å²) >= 11 is 0. The maximum atomic E-state index is 13.5. The van der Waals surface area contributed by atoms with Gasteiger partial charge in [0.2, 0.25) is 0 Å². The Morgan fingerprint density at radius 3 is 1.88 bits per heavy atom. The number of rotatable bonds is 6. The van der Waals surface area contributed by atoms with Gasteiger partial charge in [-0.2, -0.15) is 43.2 Å². The molecular weight excluding hydrogens is 394 g/mol. The minimum absolute atomic E-state index is 0.251. The summed E-state index contributed by atoms with van der Waals surface area (Å²) in [5.41, 5.74) is 0.251. The Morgan fingerprint density at radius 1 is 0.958 bits per heavy atom.